The average molecular weight is 523 g/mol. The van der Waals surface area contributed by atoms with Gasteiger partial charge in [0.1, 0.15) is 0 Å². The van der Waals surface area contributed by atoms with Gasteiger partial charge in [-0.15, -0.1) is 0 Å². The molecule has 1 aromatic heterocycles. The number of hydrogen-bond acceptors (Lipinski definition) is 6. The third-order valence-electron chi connectivity index (χ3n) is 7.43. The van der Waals surface area contributed by atoms with Crippen LogP contribution in [0.1, 0.15) is 36.0 Å². The van der Waals surface area contributed by atoms with E-state index in [1.807, 2.05) is 65.7 Å². The quantitative estimate of drug-likeness (QED) is 0.295. The van der Waals surface area contributed by atoms with Crippen LogP contribution in [0, 0.1) is 0 Å². The van der Waals surface area contributed by atoms with Gasteiger partial charge in [-0.25, -0.2) is 4.79 Å². The van der Waals surface area contributed by atoms with E-state index in [0.717, 1.165) is 48.7 Å². The number of amides is 1. The van der Waals surface area contributed by atoms with Gasteiger partial charge in [-0.1, -0.05) is 48.5 Å². The highest BCUT2D eigenvalue weighted by molar-refractivity contribution is 6.03. The van der Waals surface area contributed by atoms with Crippen LogP contribution in [0.15, 0.2) is 76.5 Å². The molecule has 0 radical (unpaired) electrons. The van der Waals surface area contributed by atoms with E-state index in [2.05, 4.69) is 9.98 Å². The Balaban J connectivity index is 1.15. The van der Waals surface area contributed by atoms with Gasteiger partial charge in [-0.3, -0.25) is 14.4 Å². The van der Waals surface area contributed by atoms with Crippen molar-refractivity contribution in [2.24, 2.45) is 4.99 Å². The van der Waals surface area contributed by atoms with Crippen molar-refractivity contribution in [3.63, 3.8) is 0 Å². The van der Waals surface area contributed by atoms with Crippen LogP contribution in [-0.2, 0) is 6.54 Å². The molecule has 1 unspecified atom stereocenters. The zero-order chi connectivity index (χ0) is 26.8. The Labute approximate surface area is 226 Å². The van der Waals surface area contributed by atoms with Crippen LogP contribution in [0.5, 0.6) is 11.5 Å². The van der Waals surface area contributed by atoms with Gasteiger partial charge in [0.25, 0.3) is 5.91 Å². The predicted octanol–water partition coefficient (Wildman–Crippen LogP) is 5.25. The van der Waals surface area contributed by atoms with E-state index < -0.39 is 0 Å². The van der Waals surface area contributed by atoms with Crippen molar-refractivity contribution in [2.75, 3.05) is 20.3 Å². The maximum atomic E-state index is 13.1. The molecule has 0 bridgehead atoms. The number of benzene rings is 3. The molecule has 8 heteroatoms. The first-order chi connectivity index (χ1) is 19.1. The van der Waals surface area contributed by atoms with E-state index in [-0.39, 0.29) is 17.6 Å². The predicted molar refractivity (Wildman–Crippen MR) is 151 cm³/mol. The van der Waals surface area contributed by atoms with E-state index in [1.54, 1.807) is 23.8 Å². The summed E-state index contributed by atoms with van der Waals surface area (Å²) in [6, 6.07) is 21.2. The Morgan fingerprint density at radius 2 is 1.79 bits per heavy atom. The fourth-order valence-corrected chi connectivity index (χ4v) is 5.44. The van der Waals surface area contributed by atoms with Crippen molar-refractivity contribution in [3.05, 3.63) is 82.8 Å². The number of aromatic nitrogens is 2. The van der Waals surface area contributed by atoms with E-state index in [9.17, 15) is 9.59 Å². The van der Waals surface area contributed by atoms with Crippen molar-refractivity contribution >= 4 is 28.7 Å². The lowest BCUT2D eigenvalue weighted by atomic mass is 10.1. The van der Waals surface area contributed by atoms with Gasteiger partial charge < -0.3 is 14.4 Å². The SMILES string of the molecule is COc1cc2c(cc1OCCCCn1c(=O)nc(-c3ccccc3)c3ccccc31)N=CC1CCCN1C2=O. The summed E-state index contributed by atoms with van der Waals surface area (Å²) in [4.78, 5) is 37.0. The van der Waals surface area contributed by atoms with Crippen molar-refractivity contribution in [3.8, 4) is 22.8 Å². The van der Waals surface area contributed by atoms with Crippen LogP contribution < -0.4 is 15.2 Å². The minimum absolute atomic E-state index is 0.0144. The molecule has 0 saturated carbocycles. The van der Waals surface area contributed by atoms with Gasteiger partial charge in [-0.05, 0) is 37.8 Å². The minimum atomic E-state index is -0.260. The van der Waals surface area contributed by atoms with Gasteiger partial charge in [0.2, 0.25) is 0 Å². The Morgan fingerprint density at radius 1 is 0.974 bits per heavy atom. The molecule has 1 atom stereocenters. The molecule has 1 fully saturated rings. The number of aryl methyl sites for hydroxylation is 1. The molecule has 8 nitrogen and oxygen atoms in total. The highest BCUT2D eigenvalue weighted by atomic mass is 16.5. The number of fused-ring (bicyclic) bond motifs is 3. The highest BCUT2D eigenvalue weighted by Gasteiger charge is 2.32. The summed E-state index contributed by atoms with van der Waals surface area (Å²) in [5.41, 5.74) is 3.38. The zero-order valence-electron chi connectivity index (χ0n) is 21.9. The lowest BCUT2D eigenvalue weighted by Crippen LogP contribution is -2.35. The molecule has 198 valence electrons. The fourth-order valence-electron chi connectivity index (χ4n) is 5.44. The van der Waals surface area contributed by atoms with Crippen molar-refractivity contribution < 1.29 is 14.3 Å². The smallest absolute Gasteiger partial charge is 0.348 e. The van der Waals surface area contributed by atoms with E-state index in [1.165, 1.54) is 0 Å². The molecule has 0 N–H and O–H groups in total. The fraction of sp³-hybridized carbons (Fsp3) is 0.290. The number of nitrogens with zero attached hydrogens (tertiary/aromatic N) is 4. The van der Waals surface area contributed by atoms with Gasteiger partial charge in [-0.2, -0.15) is 4.98 Å². The van der Waals surface area contributed by atoms with Crippen LogP contribution in [0.2, 0.25) is 0 Å². The molecule has 4 aromatic rings. The normalized spacial score (nSPS) is 16.2. The maximum Gasteiger partial charge on any atom is 0.348 e. The molecule has 39 heavy (non-hydrogen) atoms. The number of ether oxygens (including phenoxy) is 2. The lowest BCUT2D eigenvalue weighted by Gasteiger charge is -2.20. The summed E-state index contributed by atoms with van der Waals surface area (Å²) in [6.45, 7) is 1.71. The van der Waals surface area contributed by atoms with Crippen molar-refractivity contribution in [1.82, 2.24) is 14.5 Å². The van der Waals surface area contributed by atoms with Crippen molar-refractivity contribution in [1.29, 1.82) is 0 Å². The second-order valence-corrected chi connectivity index (χ2v) is 9.84. The molecular formula is C31H30N4O4. The van der Waals surface area contributed by atoms with E-state index >= 15 is 0 Å². The molecule has 0 aliphatic carbocycles. The molecule has 3 heterocycles. The highest BCUT2D eigenvalue weighted by Crippen LogP contribution is 2.38. The Bertz CT molecular complexity index is 1610. The summed E-state index contributed by atoms with van der Waals surface area (Å²) < 4.78 is 13.4. The third-order valence-corrected chi connectivity index (χ3v) is 7.43. The molecule has 1 amide bonds. The minimum Gasteiger partial charge on any atom is -0.493 e. The van der Waals surface area contributed by atoms with Crippen LogP contribution in [-0.4, -0.2) is 52.9 Å². The molecule has 0 spiro atoms. The lowest BCUT2D eigenvalue weighted by molar-refractivity contribution is 0.0774. The summed E-state index contributed by atoms with van der Waals surface area (Å²) in [5, 5.41) is 0.949. The van der Waals surface area contributed by atoms with Gasteiger partial charge in [0, 0.05) is 36.3 Å². The van der Waals surface area contributed by atoms with Crippen LogP contribution in [0.4, 0.5) is 5.69 Å². The standard InChI is InChI=1S/C31H30N4O4/c1-38-27-18-24-25(32-20-22-12-9-16-34(22)30(24)36)19-28(27)39-17-8-7-15-35-26-14-6-5-13-23(26)29(33-31(35)37)21-10-3-2-4-11-21/h2-6,10-11,13-14,18-20,22H,7-9,12,15-17H2,1H3. The topological polar surface area (TPSA) is 86.0 Å². The monoisotopic (exact) mass is 522 g/mol. The Hall–Kier alpha value is -4.46. The number of rotatable bonds is 8. The second kappa shape index (κ2) is 10.7. The molecule has 3 aromatic carbocycles. The van der Waals surface area contributed by atoms with E-state index in [4.69, 9.17) is 9.47 Å². The molecule has 2 aliphatic heterocycles. The van der Waals surface area contributed by atoms with Gasteiger partial charge in [0.05, 0.1) is 42.2 Å². The van der Waals surface area contributed by atoms with E-state index in [0.29, 0.717) is 41.6 Å². The Kier molecular flexibility index (Phi) is 6.84. The maximum absolute atomic E-state index is 13.1. The third kappa shape index (κ3) is 4.78. The summed E-state index contributed by atoms with van der Waals surface area (Å²) >= 11 is 0. The number of carbonyl (C=O) groups is 1. The van der Waals surface area contributed by atoms with Crippen LogP contribution in [0.25, 0.3) is 22.2 Å². The number of methoxy groups -OCH3 is 1. The first-order valence-electron chi connectivity index (χ1n) is 13.4. The number of para-hydroxylation sites is 1. The second-order valence-electron chi connectivity index (χ2n) is 9.84. The summed E-state index contributed by atoms with van der Waals surface area (Å²) in [6.07, 6.45) is 5.25. The first-order valence-corrected chi connectivity index (χ1v) is 13.4. The number of aliphatic imine (C=N–C) groups is 1. The number of unbranched alkanes of at least 4 members (excludes halogenated alkanes) is 1. The number of hydrogen-bond donors (Lipinski definition) is 0. The Morgan fingerprint density at radius 3 is 2.64 bits per heavy atom. The largest absolute Gasteiger partial charge is 0.493 e. The number of carbonyl (C=O) groups excluding carboxylic acids is 1. The van der Waals surface area contributed by atoms with Gasteiger partial charge >= 0.3 is 5.69 Å². The summed E-state index contributed by atoms with van der Waals surface area (Å²) in [7, 11) is 1.57. The van der Waals surface area contributed by atoms with Crippen molar-refractivity contribution in [2.45, 2.75) is 38.3 Å². The molecule has 6 rings (SSSR count). The van der Waals surface area contributed by atoms with Crippen LogP contribution in [0.3, 0.4) is 0 Å². The first kappa shape index (κ1) is 24.9. The van der Waals surface area contributed by atoms with Crippen LogP contribution >= 0.6 is 0 Å². The zero-order valence-corrected chi connectivity index (χ0v) is 21.9. The molecule has 2 aliphatic rings. The average Bonchev–Trinajstić information content (AvgIpc) is 3.41. The summed E-state index contributed by atoms with van der Waals surface area (Å²) in [5.74, 6) is 1.05. The van der Waals surface area contributed by atoms with Gasteiger partial charge in [0.15, 0.2) is 11.5 Å². The molecular weight excluding hydrogens is 492 g/mol. The molecule has 1 saturated heterocycles.